The number of fused-ring (bicyclic) bond motifs is 1. The van der Waals surface area contributed by atoms with Gasteiger partial charge in [0.05, 0.1) is 39.6 Å². The number of carbonyl (C=O) groups is 2. The van der Waals surface area contributed by atoms with Gasteiger partial charge in [0, 0.05) is 38.2 Å². The van der Waals surface area contributed by atoms with Crippen molar-refractivity contribution in [2.24, 2.45) is 5.92 Å². The highest BCUT2D eigenvalue weighted by Gasteiger charge is 2.30. The molecular weight excluding hydrogens is 543 g/mol. The summed E-state index contributed by atoms with van der Waals surface area (Å²) in [4.78, 5) is 32.3. The van der Waals surface area contributed by atoms with Gasteiger partial charge in [-0.1, -0.05) is 53.5 Å². The van der Waals surface area contributed by atoms with Gasteiger partial charge < -0.3 is 19.5 Å². The smallest absolute Gasteiger partial charge is 0.328 e. The number of piperidine rings is 1. The molecule has 1 aliphatic rings. The summed E-state index contributed by atoms with van der Waals surface area (Å²) in [6, 6.07) is 13.3. The van der Waals surface area contributed by atoms with Crippen molar-refractivity contribution in [2.75, 3.05) is 25.1 Å². The van der Waals surface area contributed by atoms with Crippen molar-refractivity contribution in [3.63, 3.8) is 0 Å². The Labute approximate surface area is 235 Å². The van der Waals surface area contributed by atoms with E-state index in [1.807, 2.05) is 52.5 Å². The van der Waals surface area contributed by atoms with E-state index in [4.69, 9.17) is 27.9 Å². The van der Waals surface area contributed by atoms with E-state index in [1.165, 1.54) is 7.11 Å². The summed E-state index contributed by atoms with van der Waals surface area (Å²) in [6.07, 6.45) is 5.17. The number of imidazole rings is 1. The number of hydrogen-bond donors (Lipinski definition) is 1. The van der Waals surface area contributed by atoms with Crippen LogP contribution < -0.4 is 10.2 Å². The number of ether oxygens (including phenoxy) is 1. The molecule has 0 spiro atoms. The van der Waals surface area contributed by atoms with Gasteiger partial charge in [0.2, 0.25) is 5.91 Å². The fourth-order valence-corrected chi connectivity index (χ4v) is 6.36. The quantitative estimate of drug-likeness (QED) is 0.280. The van der Waals surface area contributed by atoms with E-state index >= 15 is 0 Å². The standard InChI is InChI=1S/C28H28Cl2N4O3S/c1-37-28(36)22(14-21-16-33(17-31-21)15-18-5-3-2-4-6-18)32-27(35)19-7-10-34(11-8-19)23-13-20-9-12-38-26(20)25(30)24(23)29/h2-6,9,12-13,16-17,19,22H,7-8,10-11,14-15H2,1H3,(H,32,35)/t22-/m0/s1. The minimum Gasteiger partial charge on any atom is -0.467 e. The van der Waals surface area contributed by atoms with Crippen LogP contribution in [0.3, 0.4) is 0 Å². The molecular formula is C28H28Cl2N4O3S. The number of esters is 1. The molecule has 3 heterocycles. The molecule has 5 rings (SSSR count). The van der Waals surface area contributed by atoms with Crippen LogP contribution in [-0.4, -0.2) is 47.7 Å². The summed E-state index contributed by atoms with van der Waals surface area (Å²) in [6.45, 7) is 2.00. The van der Waals surface area contributed by atoms with Crippen molar-refractivity contribution in [3.05, 3.63) is 81.7 Å². The van der Waals surface area contributed by atoms with Crippen LogP contribution in [0.2, 0.25) is 10.0 Å². The van der Waals surface area contributed by atoms with Crippen LogP contribution in [-0.2, 0) is 27.3 Å². The molecule has 4 aromatic rings. The number of benzene rings is 2. The van der Waals surface area contributed by atoms with Gasteiger partial charge in [0.25, 0.3) is 0 Å². The number of halogens is 2. The summed E-state index contributed by atoms with van der Waals surface area (Å²) in [5.74, 6) is -0.853. The predicted octanol–water partition coefficient (Wildman–Crippen LogP) is 5.57. The number of thiophene rings is 1. The number of nitrogens with one attached hydrogen (secondary N) is 1. The third kappa shape index (κ3) is 5.82. The number of rotatable bonds is 8. The Morgan fingerprint density at radius 2 is 1.92 bits per heavy atom. The molecule has 2 aromatic heterocycles. The third-order valence-corrected chi connectivity index (χ3v) is 8.84. The number of carbonyl (C=O) groups excluding carboxylic acids is 2. The number of amides is 1. The molecule has 1 saturated heterocycles. The molecule has 1 N–H and O–H groups in total. The molecule has 1 aliphatic heterocycles. The zero-order valence-corrected chi connectivity index (χ0v) is 23.2. The molecule has 0 aliphatic carbocycles. The van der Waals surface area contributed by atoms with Gasteiger partial charge in [-0.15, -0.1) is 11.3 Å². The number of aromatic nitrogens is 2. The molecule has 7 nitrogen and oxygen atoms in total. The van der Waals surface area contributed by atoms with E-state index in [1.54, 1.807) is 17.7 Å². The van der Waals surface area contributed by atoms with E-state index in [9.17, 15) is 9.59 Å². The van der Waals surface area contributed by atoms with Gasteiger partial charge in [-0.05, 0) is 41.3 Å². The van der Waals surface area contributed by atoms with Crippen molar-refractivity contribution in [2.45, 2.75) is 31.8 Å². The summed E-state index contributed by atoms with van der Waals surface area (Å²) in [7, 11) is 1.33. The molecule has 0 radical (unpaired) electrons. The van der Waals surface area contributed by atoms with Gasteiger partial charge in [-0.25, -0.2) is 9.78 Å². The lowest BCUT2D eigenvalue weighted by molar-refractivity contribution is -0.145. The monoisotopic (exact) mass is 570 g/mol. The van der Waals surface area contributed by atoms with Crippen LogP contribution in [0.1, 0.15) is 24.1 Å². The molecule has 0 bridgehead atoms. The first-order valence-corrected chi connectivity index (χ1v) is 14.1. The SMILES string of the molecule is COC(=O)[C@H](Cc1cn(Cc2ccccc2)cn1)NC(=O)C1CCN(c2cc3ccsc3c(Cl)c2Cl)CC1. The average molecular weight is 572 g/mol. The van der Waals surface area contributed by atoms with Crippen LogP contribution in [0, 0.1) is 5.92 Å². The first kappa shape index (κ1) is 26.5. The van der Waals surface area contributed by atoms with E-state index in [0.717, 1.165) is 21.3 Å². The predicted molar refractivity (Wildman–Crippen MR) is 152 cm³/mol. The second-order valence-electron chi connectivity index (χ2n) is 9.44. The first-order valence-electron chi connectivity index (χ1n) is 12.5. The second-order valence-corrected chi connectivity index (χ2v) is 11.1. The topological polar surface area (TPSA) is 76.5 Å². The Morgan fingerprint density at radius 1 is 1.16 bits per heavy atom. The number of anilines is 1. The maximum absolute atomic E-state index is 13.2. The van der Waals surface area contributed by atoms with Crippen LogP contribution in [0.5, 0.6) is 0 Å². The minimum atomic E-state index is -0.806. The zero-order chi connectivity index (χ0) is 26.6. The summed E-state index contributed by atoms with van der Waals surface area (Å²) < 4.78 is 7.92. The summed E-state index contributed by atoms with van der Waals surface area (Å²) in [5, 5.41) is 7.09. The molecule has 38 heavy (non-hydrogen) atoms. The van der Waals surface area contributed by atoms with E-state index in [2.05, 4.69) is 21.3 Å². The van der Waals surface area contributed by atoms with Crippen molar-refractivity contribution >= 4 is 62.2 Å². The fraction of sp³-hybridized carbons (Fsp3) is 0.321. The molecule has 10 heteroatoms. The van der Waals surface area contributed by atoms with Gasteiger partial charge in [0.15, 0.2) is 0 Å². The Kier molecular flexibility index (Phi) is 8.21. The molecule has 0 unspecified atom stereocenters. The Balaban J connectivity index is 1.20. The lowest BCUT2D eigenvalue weighted by Crippen LogP contribution is -2.48. The van der Waals surface area contributed by atoms with Crippen LogP contribution in [0.4, 0.5) is 5.69 Å². The van der Waals surface area contributed by atoms with E-state index in [0.29, 0.717) is 48.2 Å². The van der Waals surface area contributed by atoms with Crippen LogP contribution in [0.15, 0.2) is 60.4 Å². The second kappa shape index (κ2) is 11.8. The normalized spacial score (nSPS) is 15.0. The largest absolute Gasteiger partial charge is 0.467 e. The van der Waals surface area contributed by atoms with Gasteiger partial charge >= 0.3 is 5.97 Å². The van der Waals surface area contributed by atoms with Gasteiger partial charge in [-0.2, -0.15) is 0 Å². The number of nitrogens with zero attached hydrogens (tertiary/aromatic N) is 3. The summed E-state index contributed by atoms with van der Waals surface area (Å²) in [5.41, 5.74) is 2.75. The molecule has 1 fully saturated rings. The van der Waals surface area contributed by atoms with E-state index < -0.39 is 12.0 Å². The van der Waals surface area contributed by atoms with Crippen molar-refractivity contribution in [1.29, 1.82) is 0 Å². The molecule has 2 aromatic carbocycles. The third-order valence-electron chi connectivity index (χ3n) is 6.92. The number of hydrogen-bond acceptors (Lipinski definition) is 6. The zero-order valence-electron chi connectivity index (χ0n) is 20.9. The Hall–Kier alpha value is -3.07. The van der Waals surface area contributed by atoms with Crippen molar-refractivity contribution in [1.82, 2.24) is 14.9 Å². The lowest BCUT2D eigenvalue weighted by Gasteiger charge is -2.34. The van der Waals surface area contributed by atoms with Crippen molar-refractivity contribution < 1.29 is 14.3 Å². The van der Waals surface area contributed by atoms with E-state index in [-0.39, 0.29) is 18.2 Å². The minimum absolute atomic E-state index is 0.152. The highest BCUT2D eigenvalue weighted by atomic mass is 35.5. The Morgan fingerprint density at radius 3 is 2.66 bits per heavy atom. The van der Waals surface area contributed by atoms with Gasteiger partial charge in [0.1, 0.15) is 6.04 Å². The molecule has 1 amide bonds. The maximum atomic E-state index is 13.2. The molecule has 1 atom stereocenters. The first-order chi connectivity index (χ1) is 18.4. The summed E-state index contributed by atoms with van der Waals surface area (Å²) >= 11 is 14.7. The Bertz CT molecular complexity index is 1430. The van der Waals surface area contributed by atoms with Gasteiger partial charge in [-0.3, -0.25) is 4.79 Å². The van der Waals surface area contributed by atoms with Crippen LogP contribution >= 0.6 is 34.5 Å². The highest BCUT2D eigenvalue weighted by molar-refractivity contribution is 7.18. The molecule has 0 saturated carbocycles. The highest BCUT2D eigenvalue weighted by Crippen LogP contribution is 2.42. The lowest BCUT2D eigenvalue weighted by atomic mass is 9.94. The molecule has 198 valence electrons. The van der Waals surface area contributed by atoms with Crippen molar-refractivity contribution in [3.8, 4) is 0 Å². The fourth-order valence-electron chi connectivity index (χ4n) is 4.87. The number of methoxy groups -OCH3 is 1. The van der Waals surface area contributed by atoms with Crippen LogP contribution in [0.25, 0.3) is 10.1 Å². The maximum Gasteiger partial charge on any atom is 0.328 e. The average Bonchev–Trinajstić information content (AvgIpc) is 3.60.